The number of benzene rings is 2. The summed E-state index contributed by atoms with van der Waals surface area (Å²) in [7, 11) is 1.42. The van der Waals surface area contributed by atoms with Crippen LogP contribution in [-0.4, -0.2) is 35.9 Å². The molecule has 3 atom stereocenters. The Morgan fingerprint density at radius 2 is 1.69 bits per heavy atom. The Kier molecular flexibility index (Phi) is 5.27. The van der Waals surface area contributed by atoms with Crippen LogP contribution in [0.2, 0.25) is 0 Å². The van der Waals surface area contributed by atoms with Crippen LogP contribution in [0, 0.1) is 12.8 Å². The molecule has 1 saturated heterocycles. The molecule has 9 heteroatoms. The summed E-state index contributed by atoms with van der Waals surface area (Å²) < 4.78 is 46.5. The number of Topliss-reactive ketones (excluding diaryl/α,β-unsaturated/α-hetero) is 1. The van der Waals surface area contributed by atoms with Crippen LogP contribution in [0.15, 0.2) is 48.5 Å². The fourth-order valence-electron chi connectivity index (χ4n) is 3.33. The van der Waals surface area contributed by atoms with Crippen molar-refractivity contribution in [2.45, 2.75) is 24.9 Å². The monoisotopic (exact) mass is 408 g/mol. The zero-order valence-electron chi connectivity index (χ0n) is 15.6. The van der Waals surface area contributed by atoms with Crippen molar-refractivity contribution >= 4 is 11.8 Å². The number of methoxy groups -OCH3 is 1. The Labute approximate surface area is 164 Å². The van der Waals surface area contributed by atoms with E-state index >= 15 is 0 Å². The van der Waals surface area contributed by atoms with Crippen molar-refractivity contribution in [1.82, 2.24) is 10.6 Å². The van der Waals surface area contributed by atoms with Gasteiger partial charge in [0.1, 0.15) is 11.7 Å². The maximum absolute atomic E-state index is 13.8. The van der Waals surface area contributed by atoms with Gasteiger partial charge in [-0.05, 0) is 24.6 Å². The minimum Gasteiger partial charge on any atom is -0.497 e. The maximum Gasteiger partial charge on any atom is 0.437 e. The first-order chi connectivity index (χ1) is 13.6. The highest BCUT2D eigenvalue weighted by molar-refractivity contribution is 6.00. The lowest BCUT2D eigenvalue weighted by Crippen LogP contribution is -2.72. The molecule has 0 bridgehead atoms. The third-order valence-electron chi connectivity index (χ3n) is 4.90. The van der Waals surface area contributed by atoms with E-state index in [0.29, 0.717) is 5.75 Å². The number of carbonyl (C=O) groups is 2. The molecule has 29 heavy (non-hydrogen) atoms. The topological polar surface area (TPSA) is 87.7 Å². The van der Waals surface area contributed by atoms with Gasteiger partial charge in [-0.25, -0.2) is 4.79 Å². The first-order valence-corrected chi connectivity index (χ1v) is 8.69. The van der Waals surface area contributed by atoms with E-state index in [9.17, 15) is 27.9 Å². The van der Waals surface area contributed by atoms with Crippen molar-refractivity contribution in [2.24, 2.45) is 5.92 Å². The third-order valence-corrected chi connectivity index (χ3v) is 4.90. The van der Waals surface area contributed by atoms with E-state index in [0.717, 1.165) is 5.56 Å². The summed E-state index contributed by atoms with van der Waals surface area (Å²) in [6.45, 7) is 1.77. The van der Waals surface area contributed by atoms with Crippen LogP contribution in [-0.2, 0) is 0 Å². The lowest BCUT2D eigenvalue weighted by atomic mass is 9.77. The second-order valence-corrected chi connectivity index (χ2v) is 6.82. The molecule has 2 aromatic rings. The molecule has 3 N–H and O–H groups in total. The van der Waals surface area contributed by atoms with Crippen LogP contribution in [0.4, 0.5) is 18.0 Å². The summed E-state index contributed by atoms with van der Waals surface area (Å²) in [5.41, 5.74) is -2.73. The zero-order chi connectivity index (χ0) is 21.4. The van der Waals surface area contributed by atoms with Gasteiger partial charge in [0.2, 0.25) is 5.72 Å². The van der Waals surface area contributed by atoms with Gasteiger partial charge < -0.3 is 20.5 Å². The smallest absolute Gasteiger partial charge is 0.437 e. The molecule has 0 saturated carbocycles. The number of carbonyl (C=O) groups excluding carboxylic acids is 2. The second-order valence-electron chi connectivity index (χ2n) is 6.82. The molecular formula is C20H19F3N2O4. The van der Waals surface area contributed by atoms with Crippen LogP contribution in [0.3, 0.4) is 0 Å². The number of aliphatic hydroxyl groups is 1. The number of rotatable bonds is 4. The molecule has 0 unspecified atom stereocenters. The molecule has 1 fully saturated rings. The van der Waals surface area contributed by atoms with Gasteiger partial charge in [-0.2, -0.15) is 13.2 Å². The SMILES string of the molecule is COc1ccc([C@H]2NC(=O)N[C@](O)(C(F)(F)F)[C@@H]2C(=O)c2ccc(C)cc2)cc1. The Bertz CT molecular complexity index is 913. The van der Waals surface area contributed by atoms with Crippen LogP contribution >= 0.6 is 0 Å². The highest BCUT2D eigenvalue weighted by atomic mass is 19.4. The van der Waals surface area contributed by atoms with E-state index in [1.165, 1.54) is 48.8 Å². The number of hydrogen-bond donors (Lipinski definition) is 3. The zero-order valence-corrected chi connectivity index (χ0v) is 15.6. The molecule has 2 amide bonds. The van der Waals surface area contributed by atoms with Crippen molar-refractivity contribution in [1.29, 1.82) is 0 Å². The standard InChI is InChI=1S/C20H19F3N2O4/c1-11-3-5-13(6-4-11)17(26)15-16(12-7-9-14(29-2)10-8-12)24-18(27)25-19(15,28)20(21,22)23/h3-10,15-16,28H,1-2H3,(H2,24,25,27)/t15-,16+,19+/m0/s1. The van der Waals surface area contributed by atoms with Gasteiger partial charge in [0.15, 0.2) is 5.78 Å². The van der Waals surface area contributed by atoms with E-state index in [-0.39, 0.29) is 11.1 Å². The number of ether oxygens (including phenoxy) is 1. The van der Waals surface area contributed by atoms with Crippen LogP contribution in [0.1, 0.15) is 27.5 Å². The van der Waals surface area contributed by atoms with Crippen molar-refractivity contribution in [3.63, 3.8) is 0 Å². The lowest BCUT2D eigenvalue weighted by molar-refractivity contribution is -0.287. The van der Waals surface area contributed by atoms with E-state index in [1.807, 2.05) is 0 Å². The molecule has 2 aromatic carbocycles. The van der Waals surface area contributed by atoms with Crippen molar-refractivity contribution in [3.8, 4) is 5.75 Å². The van der Waals surface area contributed by atoms with E-state index in [4.69, 9.17) is 4.74 Å². The van der Waals surface area contributed by atoms with Crippen molar-refractivity contribution in [2.75, 3.05) is 7.11 Å². The van der Waals surface area contributed by atoms with Crippen LogP contribution in [0.25, 0.3) is 0 Å². The number of alkyl halides is 3. The van der Waals surface area contributed by atoms with E-state index in [1.54, 1.807) is 19.1 Å². The number of hydrogen-bond acceptors (Lipinski definition) is 4. The van der Waals surface area contributed by atoms with Gasteiger partial charge >= 0.3 is 12.2 Å². The average molecular weight is 408 g/mol. The number of nitrogens with one attached hydrogen (secondary N) is 2. The Morgan fingerprint density at radius 3 is 2.21 bits per heavy atom. The molecule has 1 aliphatic heterocycles. The molecule has 1 heterocycles. The number of halogens is 3. The van der Waals surface area contributed by atoms with Gasteiger partial charge in [-0.15, -0.1) is 0 Å². The molecular weight excluding hydrogens is 389 g/mol. The van der Waals surface area contributed by atoms with Gasteiger partial charge in [-0.3, -0.25) is 4.79 Å². The van der Waals surface area contributed by atoms with Crippen LogP contribution < -0.4 is 15.4 Å². The molecule has 0 radical (unpaired) electrons. The Morgan fingerprint density at radius 1 is 1.10 bits per heavy atom. The summed E-state index contributed by atoms with van der Waals surface area (Å²) in [5.74, 6) is -2.57. The molecule has 0 aliphatic carbocycles. The first kappa shape index (κ1) is 20.7. The quantitative estimate of drug-likeness (QED) is 0.679. The van der Waals surface area contributed by atoms with Gasteiger partial charge in [0.25, 0.3) is 0 Å². The molecule has 0 aromatic heterocycles. The second kappa shape index (κ2) is 7.40. The third kappa shape index (κ3) is 3.77. The molecule has 1 aliphatic rings. The highest BCUT2D eigenvalue weighted by Crippen LogP contribution is 2.44. The first-order valence-electron chi connectivity index (χ1n) is 8.69. The van der Waals surface area contributed by atoms with Crippen molar-refractivity contribution in [3.05, 3.63) is 65.2 Å². The summed E-state index contributed by atoms with van der Waals surface area (Å²) in [6, 6.07) is 9.12. The van der Waals surface area contributed by atoms with E-state index < -0.39 is 35.7 Å². The maximum atomic E-state index is 13.8. The lowest BCUT2D eigenvalue weighted by Gasteiger charge is -2.45. The predicted molar refractivity (Wildman–Crippen MR) is 97.4 cm³/mol. The summed E-state index contributed by atoms with van der Waals surface area (Å²) >= 11 is 0. The highest BCUT2D eigenvalue weighted by Gasteiger charge is 2.66. The minimum atomic E-state index is -5.29. The summed E-state index contributed by atoms with van der Waals surface area (Å²) in [4.78, 5) is 25.1. The van der Waals surface area contributed by atoms with Gasteiger partial charge in [0, 0.05) is 5.56 Å². The van der Waals surface area contributed by atoms with E-state index in [2.05, 4.69) is 5.32 Å². The molecule has 154 valence electrons. The average Bonchev–Trinajstić information content (AvgIpc) is 2.67. The largest absolute Gasteiger partial charge is 0.497 e. The normalized spacial score (nSPS) is 24.4. The Hall–Kier alpha value is -3.07. The molecule has 3 rings (SSSR count). The van der Waals surface area contributed by atoms with Crippen molar-refractivity contribution < 1.29 is 32.6 Å². The van der Waals surface area contributed by atoms with Crippen LogP contribution in [0.5, 0.6) is 5.75 Å². The minimum absolute atomic E-state index is 0.0141. The number of amides is 2. The summed E-state index contributed by atoms with van der Waals surface area (Å²) in [5, 5.41) is 14.4. The van der Waals surface area contributed by atoms with Gasteiger partial charge in [-0.1, -0.05) is 42.0 Å². The fourth-order valence-corrected chi connectivity index (χ4v) is 3.33. The Balaban J connectivity index is 2.13. The fraction of sp³-hybridized carbons (Fsp3) is 0.300. The predicted octanol–water partition coefficient (Wildman–Crippen LogP) is 3.11. The number of ketones is 1. The molecule has 6 nitrogen and oxygen atoms in total. The summed E-state index contributed by atoms with van der Waals surface area (Å²) in [6.07, 6.45) is -5.29. The number of aryl methyl sites for hydroxylation is 1. The van der Waals surface area contributed by atoms with Gasteiger partial charge in [0.05, 0.1) is 13.2 Å². The molecule has 0 spiro atoms. The number of urea groups is 1.